The summed E-state index contributed by atoms with van der Waals surface area (Å²) in [6.45, 7) is 3.81. The molecular formula is C26H26O. The Balaban J connectivity index is 2.23. The average molecular weight is 354 g/mol. The topological polar surface area (TPSA) is 17.1 Å². The summed E-state index contributed by atoms with van der Waals surface area (Å²) in [5.74, 6) is 0.0718. The zero-order valence-electron chi connectivity index (χ0n) is 16.1. The van der Waals surface area contributed by atoms with E-state index in [0.717, 1.165) is 24.8 Å². The van der Waals surface area contributed by atoms with E-state index in [1.807, 2.05) is 18.2 Å². The molecule has 0 aromatic heterocycles. The van der Waals surface area contributed by atoms with Crippen LogP contribution < -0.4 is 0 Å². The molecule has 0 atom stereocenters. The normalized spacial score (nSPS) is 11.0. The Morgan fingerprint density at radius 3 is 2.07 bits per heavy atom. The van der Waals surface area contributed by atoms with Crippen LogP contribution in [-0.2, 0) is 11.2 Å². The largest absolute Gasteiger partial charge is 0.295 e. The van der Waals surface area contributed by atoms with Gasteiger partial charge in [-0.3, -0.25) is 4.79 Å². The third kappa shape index (κ3) is 4.83. The highest BCUT2D eigenvalue weighted by molar-refractivity contribution is 5.94. The first-order chi connectivity index (χ1) is 13.2. The summed E-state index contributed by atoms with van der Waals surface area (Å²) in [5.41, 5.74) is 7.26. The average Bonchev–Trinajstić information content (AvgIpc) is 2.71. The van der Waals surface area contributed by atoms with Gasteiger partial charge in [0, 0.05) is 0 Å². The molecule has 0 aliphatic heterocycles. The van der Waals surface area contributed by atoms with E-state index < -0.39 is 0 Å². The molecule has 0 fully saturated rings. The van der Waals surface area contributed by atoms with E-state index in [1.54, 1.807) is 13.0 Å². The Labute approximate surface area is 162 Å². The Morgan fingerprint density at radius 1 is 0.852 bits per heavy atom. The lowest BCUT2D eigenvalue weighted by Gasteiger charge is -2.16. The van der Waals surface area contributed by atoms with E-state index in [1.165, 1.54) is 27.8 Å². The monoisotopic (exact) mass is 354 g/mol. The van der Waals surface area contributed by atoms with Crippen LogP contribution in [0.3, 0.4) is 0 Å². The minimum absolute atomic E-state index is 0.0718. The van der Waals surface area contributed by atoms with Crippen LogP contribution in [0.1, 0.15) is 37.8 Å². The van der Waals surface area contributed by atoms with Crippen molar-refractivity contribution in [3.63, 3.8) is 0 Å². The summed E-state index contributed by atoms with van der Waals surface area (Å²) < 4.78 is 0. The number of hydrogen-bond acceptors (Lipinski definition) is 1. The van der Waals surface area contributed by atoms with Gasteiger partial charge in [0.25, 0.3) is 0 Å². The van der Waals surface area contributed by atoms with E-state index >= 15 is 0 Å². The molecule has 0 N–H and O–H groups in total. The van der Waals surface area contributed by atoms with E-state index in [2.05, 4.69) is 67.6 Å². The smallest absolute Gasteiger partial charge is 0.152 e. The number of carbonyl (C=O) groups is 1. The lowest BCUT2D eigenvalue weighted by Crippen LogP contribution is -1.96. The van der Waals surface area contributed by atoms with Crippen LogP contribution in [0, 0.1) is 0 Å². The maximum Gasteiger partial charge on any atom is 0.152 e. The van der Waals surface area contributed by atoms with Gasteiger partial charge in [0.2, 0.25) is 0 Å². The van der Waals surface area contributed by atoms with Crippen molar-refractivity contribution in [1.82, 2.24) is 0 Å². The summed E-state index contributed by atoms with van der Waals surface area (Å²) in [6.07, 6.45) is 6.96. The number of carbonyl (C=O) groups excluding carboxylic acids is 1. The molecule has 0 saturated carbocycles. The second-order valence-corrected chi connectivity index (χ2v) is 6.88. The number of hydrogen-bond donors (Lipinski definition) is 0. The van der Waals surface area contributed by atoms with Crippen LogP contribution in [0.15, 0.2) is 78.9 Å². The molecule has 0 spiro atoms. The van der Waals surface area contributed by atoms with Gasteiger partial charge in [-0.15, -0.1) is 0 Å². The zero-order chi connectivity index (χ0) is 19.1. The highest BCUT2D eigenvalue weighted by atomic mass is 16.1. The summed E-state index contributed by atoms with van der Waals surface area (Å²) in [5, 5.41) is 0. The molecule has 0 aliphatic carbocycles. The second-order valence-electron chi connectivity index (χ2n) is 6.88. The zero-order valence-corrected chi connectivity index (χ0v) is 16.1. The number of benzene rings is 3. The molecule has 0 radical (unpaired) electrons. The molecule has 0 aliphatic rings. The molecule has 0 unspecified atom stereocenters. The quantitative estimate of drug-likeness (QED) is 0.419. The fourth-order valence-corrected chi connectivity index (χ4v) is 3.34. The van der Waals surface area contributed by atoms with E-state index in [0.29, 0.717) is 0 Å². The number of rotatable bonds is 7. The summed E-state index contributed by atoms with van der Waals surface area (Å²) in [4.78, 5) is 11.6. The molecule has 1 nitrogen and oxygen atoms in total. The molecule has 0 bridgehead atoms. The van der Waals surface area contributed by atoms with Crippen molar-refractivity contribution >= 4 is 11.9 Å². The second kappa shape index (κ2) is 9.14. The van der Waals surface area contributed by atoms with Gasteiger partial charge in [-0.2, -0.15) is 0 Å². The molecule has 1 heteroatoms. The predicted molar refractivity (Wildman–Crippen MR) is 116 cm³/mol. The van der Waals surface area contributed by atoms with E-state index in [-0.39, 0.29) is 5.78 Å². The number of aryl methyl sites for hydroxylation is 1. The Morgan fingerprint density at radius 2 is 1.48 bits per heavy atom. The first-order valence-corrected chi connectivity index (χ1v) is 9.65. The molecule has 0 amide bonds. The standard InChI is InChI=1S/C26H26O/c1-3-4-11-23-18-24(21-12-7-5-8-13-21)19-26(22-14-9-6-10-15-22)25(23)17-16-20(2)27/h5-10,12-19H,3-4,11H2,1-2H3/b17-16-. The molecule has 0 saturated heterocycles. The fourth-order valence-electron chi connectivity index (χ4n) is 3.34. The Bertz CT molecular complexity index is 921. The molecule has 3 aromatic rings. The van der Waals surface area contributed by atoms with Gasteiger partial charge >= 0.3 is 0 Å². The summed E-state index contributed by atoms with van der Waals surface area (Å²) >= 11 is 0. The minimum Gasteiger partial charge on any atom is -0.295 e. The third-order valence-electron chi connectivity index (χ3n) is 4.74. The van der Waals surface area contributed by atoms with E-state index in [9.17, 15) is 4.79 Å². The van der Waals surface area contributed by atoms with Gasteiger partial charge in [-0.25, -0.2) is 0 Å². The van der Waals surface area contributed by atoms with Gasteiger partial charge in [0.05, 0.1) is 0 Å². The number of allylic oxidation sites excluding steroid dienone is 1. The van der Waals surface area contributed by atoms with Crippen molar-refractivity contribution in [3.05, 3.63) is 90.0 Å². The molecule has 3 aromatic carbocycles. The highest BCUT2D eigenvalue weighted by Crippen LogP contribution is 2.34. The van der Waals surface area contributed by atoms with Crippen molar-refractivity contribution in [2.24, 2.45) is 0 Å². The first-order valence-electron chi connectivity index (χ1n) is 9.65. The molecule has 3 rings (SSSR count). The molecule has 0 heterocycles. The van der Waals surface area contributed by atoms with Gasteiger partial charge in [-0.1, -0.05) is 86.2 Å². The van der Waals surface area contributed by atoms with Crippen LogP contribution in [0.25, 0.3) is 28.3 Å². The lowest BCUT2D eigenvalue weighted by atomic mass is 9.88. The third-order valence-corrected chi connectivity index (χ3v) is 4.74. The Kier molecular flexibility index (Phi) is 6.38. The maximum atomic E-state index is 11.6. The van der Waals surface area contributed by atoms with Crippen molar-refractivity contribution in [2.45, 2.75) is 33.1 Å². The fraction of sp³-hybridized carbons (Fsp3) is 0.192. The first kappa shape index (κ1) is 18.8. The highest BCUT2D eigenvalue weighted by Gasteiger charge is 2.12. The molecule has 136 valence electrons. The Hall–Kier alpha value is -2.93. The van der Waals surface area contributed by atoms with Gasteiger partial charge in [-0.05, 0) is 65.3 Å². The van der Waals surface area contributed by atoms with Crippen LogP contribution >= 0.6 is 0 Å². The number of unbranched alkanes of at least 4 members (excludes halogenated alkanes) is 1. The summed E-state index contributed by atoms with van der Waals surface area (Å²) in [7, 11) is 0. The van der Waals surface area contributed by atoms with Gasteiger partial charge < -0.3 is 0 Å². The van der Waals surface area contributed by atoms with Crippen molar-refractivity contribution in [2.75, 3.05) is 0 Å². The van der Waals surface area contributed by atoms with Crippen LogP contribution in [0.2, 0.25) is 0 Å². The molecule has 27 heavy (non-hydrogen) atoms. The van der Waals surface area contributed by atoms with Crippen molar-refractivity contribution in [3.8, 4) is 22.3 Å². The van der Waals surface area contributed by atoms with Crippen molar-refractivity contribution < 1.29 is 4.79 Å². The van der Waals surface area contributed by atoms with Crippen LogP contribution in [-0.4, -0.2) is 5.78 Å². The van der Waals surface area contributed by atoms with Crippen LogP contribution in [0.5, 0.6) is 0 Å². The van der Waals surface area contributed by atoms with E-state index in [4.69, 9.17) is 0 Å². The van der Waals surface area contributed by atoms with Crippen molar-refractivity contribution in [1.29, 1.82) is 0 Å². The SMILES string of the molecule is CCCCc1cc(-c2ccccc2)cc(-c2ccccc2)c1/C=C\C(C)=O. The lowest BCUT2D eigenvalue weighted by molar-refractivity contribution is -0.112. The summed E-state index contributed by atoms with van der Waals surface area (Å²) in [6, 6.07) is 25.5. The van der Waals surface area contributed by atoms with Gasteiger partial charge in [0.1, 0.15) is 0 Å². The maximum absolute atomic E-state index is 11.6. The molecular weight excluding hydrogens is 328 g/mol. The predicted octanol–water partition coefficient (Wildman–Crippen LogP) is 6.97. The number of ketones is 1. The van der Waals surface area contributed by atoms with Gasteiger partial charge in [0.15, 0.2) is 5.78 Å². The minimum atomic E-state index is 0.0718. The van der Waals surface area contributed by atoms with Crippen LogP contribution in [0.4, 0.5) is 0 Å².